The molecule has 0 aliphatic rings. The van der Waals surface area contributed by atoms with E-state index >= 15 is 0 Å². The van der Waals surface area contributed by atoms with Gasteiger partial charge in [-0.05, 0) is 36.8 Å². The molecule has 0 atom stereocenters. The fourth-order valence-corrected chi connectivity index (χ4v) is 2.93. The average molecular weight is 395 g/mol. The number of halogens is 1. The summed E-state index contributed by atoms with van der Waals surface area (Å²) in [7, 11) is 0. The molecule has 0 spiro atoms. The third-order valence-electron chi connectivity index (χ3n) is 3.97. The Morgan fingerprint density at radius 2 is 1.68 bits per heavy atom. The molecular weight excluding hydrogens is 376 g/mol. The van der Waals surface area contributed by atoms with Gasteiger partial charge in [0.2, 0.25) is 0 Å². The molecule has 3 rings (SSSR count). The van der Waals surface area contributed by atoms with E-state index in [1.54, 1.807) is 36.4 Å². The number of benzene rings is 3. The van der Waals surface area contributed by atoms with Crippen LogP contribution in [0.4, 0.5) is 10.5 Å². The van der Waals surface area contributed by atoms with E-state index in [0.717, 1.165) is 11.1 Å². The van der Waals surface area contributed by atoms with Gasteiger partial charge in [-0.2, -0.15) is 0 Å². The van der Waals surface area contributed by atoms with Gasteiger partial charge in [0.05, 0.1) is 17.2 Å². The molecular formula is C22H19ClN2O3. The number of hydrogen-bond donors (Lipinski definition) is 2. The zero-order valence-electron chi connectivity index (χ0n) is 15.2. The van der Waals surface area contributed by atoms with E-state index < -0.39 is 11.9 Å². The van der Waals surface area contributed by atoms with Gasteiger partial charge in [0.15, 0.2) is 0 Å². The molecule has 142 valence electrons. The summed E-state index contributed by atoms with van der Waals surface area (Å²) < 4.78 is 5.72. The van der Waals surface area contributed by atoms with Crippen LogP contribution in [0.3, 0.4) is 0 Å². The average Bonchev–Trinajstić information content (AvgIpc) is 2.69. The molecule has 0 unspecified atom stereocenters. The number of urea groups is 1. The highest BCUT2D eigenvalue weighted by atomic mass is 35.5. The van der Waals surface area contributed by atoms with E-state index in [1.165, 1.54) is 0 Å². The first-order valence-corrected chi connectivity index (χ1v) is 9.15. The minimum atomic E-state index is -0.653. The van der Waals surface area contributed by atoms with Crippen molar-refractivity contribution >= 4 is 29.2 Å². The molecule has 3 aromatic rings. The first-order chi connectivity index (χ1) is 13.6. The number of ether oxygens (including phenoxy) is 1. The predicted molar refractivity (Wildman–Crippen MR) is 111 cm³/mol. The van der Waals surface area contributed by atoms with Gasteiger partial charge in [0, 0.05) is 17.3 Å². The lowest BCUT2D eigenvalue weighted by molar-refractivity contribution is 0.0967. The molecule has 0 radical (unpaired) electrons. The Balaban J connectivity index is 1.75. The molecule has 2 N–H and O–H groups in total. The van der Waals surface area contributed by atoms with Crippen LogP contribution in [0.2, 0.25) is 5.02 Å². The molecule has 28 heavy (non-hydrogen) atoms. The van der Waals surface area contributed by atoms with Crippen LogP contribution in [0.25, 0.3) is 11.1 Å². The van der Waals surface area contributed by atoms with Gasteiger partial charge in [-0.3, -0.25) is 10.1 Å². The van der Waals surface area contributed by atoms with Gasteiger partial charge >= 0.3 is 6.03 Å². The van der Waals surface area contributed by atoms with Crippen LogP contribution in [0, 0.1) is 0 Å². The summed E-state index contributed by atoms with van der Waals surface area (Å²) in [5.41, 5.74) is 2.66. The summed E-state index contributed by atoms with van der Waals surface area (Å²) in [6.07, 6.45) is 0. The molecule has 0 fully saturated rings. The van der Waals surface area contributed by atoms with Gasteiger partial charge < -0.3 is 10.1 Å². The Hall–Kier alpha value is -3.31. The highest BCUT2D eigenvalue weighted by Crippen LogP contribution is 2.32. The fraction of sp³-hybridized carbons (Fsp3) is 0.0909. The molecule has 0 aliphatic carbocycles. The van der Waals surface area contributed by atoms with E-state index in [-0.39, 0.29) is 10.6 Å². The van der Waals surface area contributed by atoms with Crippen molar-refractivity contribution in [2.45, 2.75) is 6.92 Å². The number of imide groups is 1. The van der Waals surface area contributed by atoms with E-state index in [1.807, 2.05) is 43.3 Å². The largest absolute Gasteiger partial charge is 0.493 e. The lowest BCUT2D eigenvalue weighted by Crippen LogP contribution is -2.34. The molecule has 0 saturated carbocycles. The second kappa shape index (κ2) is 9.06. The summed E-state index contributed by atoms with van der Waals surface area (Å²) in [5.74, 6) is 0.0676. The minimum absolute atomic E-state index is 0.230. The SMILES string of the molecule is CCOc1cc(NC(=O)NC(=O)c2ccccc2Cl)ccc1-c1ccccc1. The zero-order chi connectivity index (χ0) is 19.9. The maximum Gasteiger partial charge on any atom is 0.326 e. The van der Waals surface area contributed by atoms with Crippen molar-refractivity contribution in [3.05, 3.63) is 83.4 Å². The summed E-state index contributed by atoms with van der Waals surface area (Å²) in [4.78, 5) is 24.4. The number of amides is 3. The highest BCUT2D eigenvalue weighted by Gasteiger charge is 2.14. The summed E-state index contributed by atoms with van der Waals surface area (Å²) in [6.45, 7) is 2.38. The third kappa shape index (κ3) is 4.69. The molecule has 3 amide bonds. The molecule has 6 heteroatoms. The van der Waals surface area contributed by atoms with E-state index in [0.29, 0.717) is 18.0 Å². The molecule has 0 heterocycles. The number of carbonyl (C=O) groups excluding carboxylic acids is 2. The maximum absolute atomic E-state index is 12.2. The Bertz CT molecular complexity index is 990. The van der Waals surface area contributed by atoms with Gasteiger partial charge in [-0.1, -0.05) is 54.1 Å². The first kappa shape index (κ1) is 19.5. The first-order valence-electron chi connectivity index (χ1n) is 8.77. The number of anilines is 1. The van der Waals surface area contributed by atoms with Crippen LogP contribution >= 0.6 is 11.6 Å². The van der Waals surface area contributed by atoms with E-state index in [2.05, 4.69) is 10.6 Å². The quantitative estimate of drug-likeness (QED) is 0.611. The van der Waals surface area contributed by atoms with Gasteiger partial charge in [-0.15, -0.1) is 0 Å². The van der Waals surface area contributed by atoms with Crippen molar-refractivity contribution in [3.8, 4) is 16.9 Å². The van der Waals surface area contributed by atoms with E-state index in [4.69, 9.17) is 16.3 Å². The predicted octanol–water partition coefficient (Wildman–Crippen LogP) is 5.37. The maximum atomic E-state index is 12.2. The molecule has 3 aromatic carbocycles. The summed E-state index contributed by atoms with van der Waals surface area (Å²) in [5, 5.41) is 5.19. The van der Waals surface area contributed by atoms with Crippen LogP contribution in [0.15, 0.2) is 72.8 Å². The highest BCUT2D eigenvalue weighted by molar-refractivity contribution is 6.34. The number of carbonyl (C=O) groups is 2. The van der Waals surface area contributed by atoms with Crippen LogP contribution in [-0.4, -0.2) is 18.5 Å². The lowest BCUT2D eigenvalue weighted by atomic mass is 10.0. The van der Waals surface area contributed by atoms with Gasteiger partial charge in [0.1, 0.15) is 5.75 Å². The number of rotatable bonds is 5. The number of hydrogen-bond acceptors (Lipinski definition) is 3. The Morgan fingerprint density at radius 3 is 2.39 bits per heavy atom. The van der Waals surface area contributed by atoms with Crippen molar-refractivity contribution in [2.24, 2.45) is 0 Å². The smallest absolute Gasteiger partial charge is 0.326 e. The van der Waals surface area contributed by atoms with Crippen LogP contribution < -0.4 is 15.4 Å². The Morgan fingerprint density at radius 1 is 0.964 bits per heavy atom. The standard InChI is InChI=1S/C22H19ClN2O3/c1-2-28-20-14-16(12-13-17(20)15-8-4-3-5-9-15)24-22(27)25-21(26)18-10-6-7-11-19(18)23/h3-14H,2H2,1H3,(H2,24,25,26,27). The summed E-state index contributed by atoms with van der Waals surface area (Å²) >= 11 is 5.98. The lowest BCUT2D eigenvalue weighted by Gasteiger charge is -2.13. The fourth-order valence-electron chi connectivity index (χ4n) is 2.71. The molecule has 0 saturated heterocycles. The van der Waals surface area contributed by atoms with Crippen molar-refractivity contribution in [1.82, 2.24) is 5.32 Å². The second-order valence-corrected chi connectivity index (χ2v) is 6.31. The van der Waals surface area contributed by atoms with Crippen molar-refractivity contribution in [2.75, 3.05) is 11.9 Å². The monoisotopic (exact) mass is 394 g/mol. The van der Waals surface area contributed by atoms with Crippen molar-refractivity contribution in [1.29, 1.82) is 0 Å². The Kier molecular flexibility index (Phi) is 6.29. The zero-order valence-corrected chi connectivity index (χ0v) is 16.0. The minimum Gasteiger partial charge on any atom is -0.493 e. The molecule has 0 aromatic heterocycles. The van der Waals surface area contributed by atoms with Crippen LogP contribution in [-0.2, 0) is 0 Å². The van der Waals surface area contributed by atoms with E-state index in [9.17, 15) is 9.59 Å². The third-order valence-corrected chi connectivity index (χ3v) is 4.30. The molecule has 0 aliphatic heterocycles. The second-order valence-electron chi connectivity index (χ2n) is 5.90. The Labute approximate surface area is 168 Å². The normalized spacial score (nSPS) is 10.2. The topological polar surface area (TPSA) is 67.4 Å². The van der Waals surface area contributed by atoms with Crippen molar-refractivity contribution < 1.29 is 14.3 Å². The van der Waals surface area contributed by atoms with Crippen LogP contribution in [0.1, 0.15) is 17.3 Å². The van der Waals surface area contributed by atoms with Gasteiger partial charge in [0.25, 0.3) is 5.91 Å². The van der Waals surface area contributed by atoms with Crippen LogP contribution in [0.5, 0.6) is 5.75 Å². The molecule has 0 bridgehead atoms. The molecule has 5 nitrogen and oxygen atoms in total. The van der Waals surface area contributed by atoms with Gasteiger partial charge in [-0.25, -0.2) is 4.79 Å². The summed E-state index contributed by atoms with van der Waals surface area (Å²) in [6, 6.07) is 21.0. The van der Waals surface area contributed by atoms with Crippen molar-refractivity contribution in [3.63, 3.8) is 0 Å². The number of nitrogens with one attached hydrogen (secondary N) is 2.